The Hall–Kier alpha value is -1.53. The van der Waals surface area contributed by atoms with E-state index in [0.717, 1.165) is 41.9 Å². The highest BCUT2D eigenvalue weighted by Gasteiger charge is 2.01. The van der Waals surface area contributed by atoms with E-state index in [0.29, 0.717) is 0 Å². The molecule has 4 nitrogen and oxygen atoms in total. The fourth-order valence-electron chi connectivity index (χ4n) is 2.03. The van der Waals surface area contributed by atoms with Gasteiger partial charge in [0.15, 0.2) is 5.96 Å². The monoisotopic (exact) mass is 348 g/mol. The molecule has 0 aliphatic heterocycles. The minimum atomic E-state index is 0.841. The number of nitrogens with zero attached hydrogens (tertiary/aromatic N) is 2. The van der Waals surface area contributed by atoms with Gasteiger partial charge in [0.2, 0.25) is 0 Å². The summed E-state index contributed by atoms with van der Waals surface area (Å²) >= 11 is 3.55. The Bertz CT molecular complexity index is 620. The van der Waals surface area contributed by atoms with E-state index in [-0.39, 0.29) is 0 Å². The van der Waals surface area contributed by atoms with Crippen molar-refractivity contribution in [1.29, 1.82) is 0 Å². The Morgan fingerprint density at radius 2 is 1.91 bits per heavy atom. The molecule has 0 aliphatic carbocycles. The van der Waals surface area contributed by atoms with Crippen LogP contribution in [0.1, 0.15) is 16.3 Å². The third kappa shape index (κ3) is 6.62. The molecule has 0 amide bonds. The van der Waals surface area contributed by atoms with Gasteiger partial charge in [-0.15, -0.1) is 23.1 Å². The number of aromatic nitrogens is 1. The van der Waals surface area contributed by atoms with Gasteiger partial charge in [0, 0.05) is 42.6 Å². The highest BCUT2D eigenvalue weighted by molar-refractivity contribution is 7.99. The molecule has 1 heterocycles. The Labute approximate surface area is 146 Å². The largest absolute Gasteiger partial charge is 0.356 e. The van der Waals surface area contributed by atoms with Crippen LogP contribution in [0.2, 0.25) is 0 Å². The number of rotatable bonds is 7. The smallest absolute Gasteiger partial charge is 0.191 e. The molecule has 1 aromatic heterocycles. The van der Waals surface area contributed by atoms with Crippen molar-refractivity contribution >= 4 is 29.1 Å². The molecule has 6 heteroatoms. The molecule has 23 heavy (non-hydrogen) atoms. The second kappa shape index (κ2) is 9.57. The minimum absolute atomic E-state index is 0.841. The van der Waals surface area contributed by atoms with Crippen molar-refractivity contribution in [1.82, 2.24) is 15.6 Å². The van der Waals surface area contributed by atoms with Gasteiger partial charge in [-0.25, -0.2) is 4.98 Å². The van der Waals surface area contributed by atoms with Crippen LogP contribution in [0.4, 0.5) is 0 Å². The van der Waals surface area contributed by atoms with Gasteiger partial charge < -0.3 is 10.6 Å². The molecule has 2 N–H and O–H groups in total. The molecule has 0 saturated carbocycles. The van der Waals surface area contributed by atoms with E-state index in [2.05, 4.69) is 57.2 Å². The van der Waals surface area contributed by atoms with Gasteiger partial charge in [-0.3, -0.25) is 4.99 Å². The number of hydrogen-bond donors (Lipinski definition) is 2. The van der Waals surface area contributed by atoms with E-state index < -0.39 is 0 Å². The molecular formula is C17H24N4S2. The van der Waals surface area contributed by atoms with Crippen LogP contribution in [-0.2, 0) is 6.42 Å². The molecule has 124 valence electrons. The van der Waals surface area contributed by atoms with Crippen molar-refractivity contribution in [3.05, 3.63) is 45.9 Å². The molecule has 0 saturated heterocycles. The van der Waals surface area contributed by atoms with E-state index in [4.69, 9.17) is 0 Å². The van der Waals surface area contributed by atoms with Gasteiger partial charge in [-0.05, 0) is 26.0 Å². The van der Waals surface area contributed by atoms with Gasteiger partial charge in [-0.2, -0.15) is 0 Å². The van der Waals surface area contributed by atoms with Gasteiger partial charge in [0.05, 0.1) is 10.7 Å². The first-order valence-corrected chi connectivity index (χ1v) is 9.59. The molecule has 0 bridgehead atoms. The van der Waals surface area contributed by atoms with Crippen molar-refractivity contribution in [2.24, 2.45) is 4.99 Å². The zero-order valence-corrected chi connectivity index (χ0v) is 15.6. The molecule has 2 aromatic rings. The standard InChI is InChI=1S/C17H24N4S2/c1-13-4-6-16(7-5-13)22-11-10-20-17(18-3)19-9-8-15-12-23-14(2)21-15/h4-7,12H,8-11H2,1-3H3,(H2,18,19,20). The summed E-state index contributed by atoms with van der Waals surface area (Å²) in [5.41, 5.74) is 2.44. The number of thiazole rings is 1. The maximum absolute atomic E-state index is 4.46. The Balaban J connectivity index is 1.62. The maximum atomic E-state index is 4.46. The first kappa shape index (κ1) is 17.8. The number of hydrogen-bond acceptors (Lipinski definition) is 4. The minimum Gasteiger partial charge on any atom is -0.356 e. The SMILES string of the molecule is CN=C(NCCSc1ccc(C)cc1)NCCc1csc(C)n1. The van der Waals surface area contributed by atoms with Gasteiger partial charge in [-0.1, -0.05) is 17.7 Å². The Morgan fingerprint density at radius 1 is 1.17 bits per heavy atom. The van der Waals surface area contributed by atoms with Crippen LogP contribution in [0.25, 0.3) is 0 Å². The molecule has 0 spiro atoms. The van der Waals surface area contributed by atoms with Crippen LogP contribution in [0.3, 0.4) is 0 Å². The van der Waals surface area contributed by atoms with E-state index in [1.807, 2.05) is 18.7 Å². The lowest BCUT2D eigenvalue weighted by molar-refractivity contribution is 0.800. The van der Waals surface area contributed by atoms with Crippen molar-refractivity contribution in [3.8, 4) is 0 Å². The van der Waals surface area contributed by atoms with Gasteiger partial charge in [0.25, 0.3) is 0 Å². The predicted octanol–water partition coefficient (Wildman–Crippen LogP) is 3.26. The molecule has 2 rings (SSSR count). The fraction of sp³-hybridized carbons (Fsp3) is 0.412. The topological polar surface area (TPSA) is 49.3 Å². The number of guanidine groups is 1. The van der Waals surface area contributed by atoms with E-state index in [1.54, 1.807) is 18.4 Å². The molecule has 0 radical (unpaired) electrons. The first-order chi connectivity index (χ1) is 11.2. The summed E-state index contributed by atoms with van der Waals surface area (Å²) in [5, 5.41) is 9.91. The number of thioether (sulfide) groups is 1. The Morgan fingerprint density at radius 3 is 2.57 bits per heavy atom. The zero-order valence-electron chi connectivity index (χ0n) is 13.9. The zero-order chi connectivity index (χ0) is 16.5. The second-order valence-corrected chi connectivity index (χ2v) is 7.43. The third-order valence-electron chi connectivity index (χ3n) is 3.25. The van der Waals surface area contributed by atoms with Crippen LogP contribution in [0.5, 0.6) is 0 Å². The summed E-state index contributed by atoms with van der Waals surface area (Å²) in [6.45, 7) is 5.87. The number of aryl methyl sites for hydroxylation is 2. The van der Waals surface area contributed by atoms with E-state index >= 15 is 0 Å². The Kier molecular flexibility index (Phi) is 7.42. The summed E-state index contributed by atoms with van der Waals surface area (Å²) in [7, 11) is 1.80. The summed E-state index contributed by atoms with van der Waals surface area (Å²) in [5.74, 6) is 1.86. The lowest BCUT2D eigenvalue weighted by Gasteiger charge is -2.11. The highest BCUT2D eigenvalue weighted by Crippen LogP contribution is 2.17. The van der Waals surface area contributed by atoms with Gasteiger partial charge in [0.1, 0.15) is 0 Å². The molecule has 0 atom stereocenters. The lowest BCUT2D eigenvalue weighted by Crippen LogP contribution is -2.39. The van der Waals surface area contributed by atoms with E-state index in [9.17, 15) is 0 Å². The lowest BCUT2D eigenvalue weighted by atomic mass is 10.2. The number of aliphatic imine (C=N–C) groups is 1. The quantitative estimate of drug-likeness (QED) is 0.349. The summed E-state index contributed by atoms with van der Waals surface area (Å²) in [4.78, 5) is 10.0. The molecule has 1 aromatic carbocycles. The van der Waals surface area contributed by atoms with E-state index in [1.165, 1.54) is 10.5 Å². The molecule has 0 fully saturated rings. The predicted molar refractivity (Wildman–Crippen MR) is 102 cm³/mol. The molecular weight excluding hydrogens is 324 g/mol. The number of nitrogens with one attached hydrogen (secondary N) is 2. The van der Waals surface area contributed by atoms with Crippen molar-refractivity contribution in [3.63, 3.8) is 0 Å². The van der Waals surface area contributed by atoms with Crippen molar-refractivity contribution in [2.45, 2.75) is 25.2 Å². The van der Waals surface area contributed by atoms with Crippen LogP contribution in [-0.4, -0.2) is 36.8 Å². The normalized spacial score (nSPS) is 11.5. The van der Waals surface area contributed by atoms with Crippen LogP contribution in [0, 0.1) is 13.8 Å². The second-order valence-electron chi connectivity index (χ2n) is 5.20. The summed E-state index contributed by atoms with van der Waals surface area (Å²) in [6.07, 6.45) is 0.920. The third-order valence-corrected chi connectivity index (χ3v) is 5.08. The first-order valence-electron chi connectivity index (χ1n) is 7.72. The van der Waals surface area contributed by atoms with Crippen molar-refractivity contribution < 1.29 is 0 Å². The fourth-order valence-corrected chi connectivity index (χ4v) is 3.44. The molecule has 0 aliphatic rings. The maximum Gasteiger partial charge on any atom is 0.191 e. The average Bonchev–Trinajstić information content (AvgIpc) is 2.97. The van der Waals surface area contributed by atoms with Crippen LogP contribution < -0.4 is 10.6 Å². The average molecular weight is 349 g/mol. The van der Waals surface area contributed by atoms with Crippen LogP contribution >= 0.6 is 23.1 Å². The summed E-state index contributed by atoms with van der Waals surface area (Å²) < 4.78 is 0. The van der Waals surface area contributed by atoms with Gasteiger partial charge >= 0.3 is 0 Å². The van der Waals surface area contributed by atoms with Crippen LogP contribution in [0.15, 0.2) is 39.5 Å². The number of benzene rings is 1. The van der Waals surface area contributed by atoms with Crippen molar-refractivity contribution in [2.75, 3.05) is 25.9 Å². The highest BCUT2D eigenvalue weighted by atomic mass is 32.2. The summed E-state index contributed by atoms with van der Waals surface area (Å²) in [6, 6.07) is 8.64. The molecule has 0 unspecified atom stereocenters.